The zero-order valence-electron chi connectivity index (χ0n) is 13.0. The molecule has 3 N–H and O–H groups in total. The van der Waals surface area contributed by atoms with Gasteiger partial charge < -0.3 is 15.8 Å². The van der Waals surface area contributed by atoms with Crippen molar-refractivity contribution in [3.63, 3.8) is 0 Å². The molecule has 0 saturated carbocycles. The minimum Gasteiger partial charge on any atom is -0.454 e. The number of ether oxygens (including phenoxy) is 1. The van der Waals surface area contributed by atoms with Gasteiger partial charge in [0.2, 0.25) is 0 Å². The van der Waals surface area contributed by atoms with Crippen LogP contribution in [-0.4, -0.2) is 30.4 Å². The van der Waals surface area contributed by atoms with Gasteiger partial charge in [0.25, 0.3) is 11.8 Å². The lowest BCUT2D eigenvalue weighted by Gasteiger charge is -2.17. The molecule has 24 heavy (non-hydrogen) atoms. The lowest BCUT2D eigenvalue weighted by Crippen LogP contribution is -2.44. The summed E-state index contributed by atoms with van der Waals surface area (Å²) >= 11 is 0. The molecule has 2 aromatic carbocycles. The van der Waals surface area contributed by atoms with Gasteiger partial charge in [-0.15, -0.1) is 0 Å². The van der Waals surface area contributed by atoms with Crippen molar-refractivity contribution in [1.82, 2.24) is 5.32 Å². The maximum atomic E-state index is 12.3. The lowest BCUT2D eigenvalue weighted by molar-refractivity contribution is -0.149. The summed E-state index contributed by atoms with van der Waals surface area (Å²) in [7, 11) is 0. The summed E-state index contributed by atoms with van der Waals surface area (Å²) in [5, 5.41) is 2.64. The van der Waals surface area contributed by atoms with Gasteiger partial charge in [-0.2, -0.15) is 0 Å². The Kier molecular flexibility index (Phi) is 6.08. The molecular formula is C18H18N2O4. The maximum Gasteiger partial charge on any atom is 0.329 e. The molecule has 0 aliphatic heterocycles. The summed E-state index contributed by atoms with van der Waals surface area (Å²) < 4.78 is 4.85. The van der Waals surface area contributed by atoms with Crippen LogP contribution >= 0.6 is 0 Å². The van der Waals surface area contributed by atoms with Crippen molar-refractivity contribution >= 4 is 17.8 Å². The highest BCUT2D eigenvalue weighted by atomic mass is 16.5. The summed E-state index contributed by atoms with van der Waals surface area (Å²) in [5.74, 6) is -1.86. The molecule has 0 unspecified atom stereocenters. The zero-order chi connectivity index (χ0) is 17.4. The standard InChI is InChI=1S/C18H18N2O4/c19-16(21)12-24-18(23)15(11-13-7-3-1-4-8-13)20-17(22)14-9-5-2-6-10-14/h1-10,15H,11-12H2,(H2,19,21)(H,20,22)/t15-/m1/s1. The number of hydrogen-bond donors (Lipinski definition) is 2. The number of hydrogen-bond acceptors (Lipinski definition) is 4. The number of primary amides is 1. The molecule has 0 aromatic heterocycles. The number of benzene rings is 2. The average molecular weight is 326 g/mol. The molecule has 0 aliphatic rings. The van der Waals surface area contributed by atoms with E-state index in [1.54, 1.807) is 30.3 Å². The molecule has 6 heteroatoms. The van der Waals surface area contributed by atoms with Gasteiger partial charge in [0.05, 0.1) is 0 Å². The van der Waals surface area contributed by atoms with Crippen LogP contribution in [0, 0.1) is 0 Å². The van der Waals surface area contributed by atoms with Gasteiger partial charge in [-0.05, 0) is 17.7 Å². The summed E-state index contributed by atoms with van der Waals surface area (Å²) in [6.45, 7) is -0.522. The Morgan fingerprint density at radius 3 is 2.12 bits per heavy atom. The number of nitrogens with one attached hydrogen (secondary N) is 1. The van der Waals surface area contributed by atoms with E-state index in [1.165, 1.54) is 0 Å². The van der Waals surface area contributed by atoms with Crippen molar-refractivity contribution in [3.8, 4) is 0 Å². The van der Waals surface area contributed by atoms with Crippen LogP contribution in [0.4, 0.5) is 0 Å². The number of rotatable bonds is 7. The Labute approximate surface area is 139 Å². The molecule has 124 valence electrons. The Bertz CT molecular complexity index is 701. The normalized spacial score (nSPS) is 11.3. The molecule has 0 fully saturated rings. The summed E-state index contributed by atoms with van der Waals surface area (Å²) in [6, 6.07) is 16.8. The first-order chi connectivity index (χ1) is 11.6. The maximum absolute atomic E-state index is 12.3. The molecule has 6 nitrogen and oxygen atoms in total. The molecule has 2 amide bonds. The van der Waals surface area contributed by atoms with Crippen LogP contribution in [-0.2, 0) is 20.7 Å². The smallest absolute Gasteiger partial charge is 0.329 e. The number of carbonyl (C=O) groups is 3. The van der Waals surface area contributed by atoms with Gasteiger partial charge in [0, 0.05) is 12.0 Å². The van der Waals surface area contributed by atoms with Crippen LogP contribution in [0.2, 0.25) is 0 Å². The average Bonchev–Trinajstić information content (AvgIpc) is 2.60. The van der Waals surface area contributed by atoms with Crippen molar-refractivity contribution in [2.24, 2.45) is 5.73 Å². The van der Waals surface area contributed by atoms with Crippen LogP contribution < -0.4 is 11.1 Å². The van der Waals surface area contributed by atoms with E-state index >= 15 is 0 Å². The van der Waals surface area contributed by atoms with Crippen molar-refractivity contribution in [2.75, 3.05) is 6.61 Å². The van der Waals surface area contributed by atoms with Gasteiger partial charge in [0.15, 0.2) is 6.61 Å². The van der Waals surface area contributed by atoms with Crippen LogP contribution in [0.25, 0.3) is 0 Å². The topological polar surface area (TPSA) is 98.5 Å². The molecule has 2 rings (SSSR count). The van der Waals surface area contributed by atoms with Crippen LogP contribution in [0.1, 0.15) is 15.9 Å². The molecule has 0 aliphatic carbocycles. The summed E-state index contributed by atoms with van der Waals surface area (Å²) in [4.78, 5) is 35.2. The molecule has 0 saturated heterocycles. The highest BCUT2D eigenvalue weighted by Gasteiger charge is 2.23. The highest BCUT2D eigenvalue weighted by molar-refractivity contribution is 5.97. The van der Waals surface area contributed by atoms with E-state index in [1.807, 2.05) is 30.3 Å². The first-order valence-electron chi connectivity index (χ1n) is 7.41. The van der Waals surface area contributed by atoms with E-state index in [0.29, 0.717) is 5.56 Å². The third kappa shape index (κ3) is 5.24. The molecular weight excluding hydrogens is 308 g/mol. The Morgan fingerprint density at radius 1 is 0.958 bits per heavy atom. The van der Waals surface area contributed by atoms with E-state index in [2.05, 4.69) is 5.32 Å². The Hall–Kier alpha value is -3.15. The second kappa shape index (κ2) is 8.47. The molecule has 1 atom stereocenters. The van der Waals surface area contributed by atoms with Gasteiger partial charge in [-0.1, -0.05) is 48.5 Å². The SMILES string of the molecule is NC(=O)COC(=O)[C@@H](Cc1ccccc1)NC(=O)c1ccccc1. The van der Waals surface area contributed by atoms with Gasteiger partial charge in [0.1, 0.15) is 6.04 Å². The van der Waals surface area contributed by atoms with Crippen LogP contribution in [0.15, 0.2) is 60.7 Å². The molecule has 0 spiro atoms. The quantitative estimate of drug-likeness (QED) is 0.743. The van der Waals surface area contributed by atoms with Gasteiger partial charge >= 0.3 is 5.97 Å². The number of esters is 1. The second-order valence-electron chi connectivity index (χ2n) is 5.16. The summed E-state index contributed by atoms with van der Waals surface area (Å²) in [5.41, 5.74) is 6.26. The third-order valence-electron chi connectivity index (χ3n) is 3.27. The fourth-order valence-electron chi connectivity index (χ4n) is 2.12. The molecule has 0 radical (unpaired) electrons. The monoisotopic (exact) mass is 326 g/mol. The number of amides is 2. The predicted molar refractivity (Wildman–Crippen MR) is 88.0 cm³/mol. The minimum atomic E-state index is -0.917. The molecule has 0 bridgehead atoms. The Morgan fingerprint density at radius 2 is 1.54 bits per heavy atom. The minimum absolute atomic E-state index is 0.247. The predicted octanol–water partition coefficient (Wildman–Crippen LogP) is 1.06. The largest absolute Gasteiger partial charge is 0.454 e. The molecule has 2 aromatic rings. The summed E-state index contributed by atoms with van der Waals surface area (Å²) in [6.07, 6.45) is 0.247. The van der Waals surface area contributed by atoms with Gasteiger partial charge in [-0.3, -0.25) is 9.59 Å². The van der Waals surface area contributed by atoms with E-state index < -0.39 is 30.4 Å². The van der Waals surface area contributed by atoms with Crippen molar-refractivity contribution in [1.29, 1.82) is 0 Å². The first-order valence-corrected chi connectivity index (χ1v) is 7.41. The lowest BCUT2D eigenvalue weighted by atomic mass is 10.1. The van der Waals surface area contributed by atoms with Crippen LogP contribution in [0.3, 0.4) is 0 Å². The highest BCUT2D eigenvalue weighted by Crippen LogP contribution is 2.07. The van der Waals surface area contributed by atoms with Crippen LogP contribution in [0.5, 0.6) is 0 Å². The second-order valence-corrected chi connectivity index (χ2v) is 5.16. The number of nitrogens with two attached hydrogens (primary N) is 1. The van der Waals surface area contributed by atoms with Gasteiger partial charge in [-0.25, -0.2) is 4.79 Å². The van der Waals surface area contributed by atoms with E-state index in [4.69, 9.17) is 10.5 Å². The van der Waals surface area contributed by atoms with E-state index in [-0.39, 0.29) is 6.42 Å². The van der Waals surface area contributed by atoms with Crippen molar-refractivity contribution < 1.29 is 19.1 Å². The fourth-order valence-corrected chi connectivity index (χ4v) is 2.12. The molecule has 0 heterocycles. The van der Waals surface area contributed by atoms with E-state index in [9.17, 15) is 14.4 Å². The first kappa shape index (κ1) is 17.2. The zero-order valence-corrected chi connectivity index (χ0v) is 13.0. The number of carbonyl (C=O) groups excluding carboxylic acids is 3. The van der Waals surface area contributed by atoms with E-state index in [0.717, 1.165) is 5.56 Å². The van der Waals surface area contributed by atoms with Crippen molar-refractivity contribution in [2.45, 2.75) is 12.5 Å². The van der Waals surface area contributed by atoms with Crippen molar-refractivity contribution in [3.05, 3.63) is 71.8 Å². The third-order valence-corrected chi connectivity index (χ3v) is 3.27. The Balaban J connectivity index is 2.11. The fraction of sp³-hybridized carbons (Fsp3) is 0.167.